The molecule has 0 amide bonds. The first-order valence-electron chi connectivity index (χ1n) is 8.25. The number of nitrogens with two attached hydrogens (primary N) is 1. The topological polar surface area (TPSA) is 49.9 Å². The Balaban J connectivity index is 1.90. The standard InChI is InChI=1S/C23H18N2/c24-23(25)22-14-20(16-6-2-1-3-7-16)13-21(15-22)19-11-10-17-8-4-5-9-18(17)12-19/h1-15H,(H3,24,25). The summed E-state index contributed by atoms with van der Waals surface area (Å²) in [4.78, 5) is 0. The van der Waals surface area contributed by atoms with Gasteiger partial charge >= 0.3 is 0 Å². The molecule has 0 aromatic heterocycles. The number of amidine groups is 1. The minimum atomic E-state index is 0.0832. The van der Waals surface area contributed by atoms with E-state index in [4.69, 9.17) is 11.1 Å². The van der Waals surface area contributed by atoms with Crippen LogP contribution in [-0.4, -0.2) is 5.84 Å². The maximum Gasteiger partial charge on any atom is 0.122 e. The molecule has 0 bridgehead atoms. The molecule has 3 N–H and O–H groups in total. The van der Waals surface area contributed by atoms with Crippen LogP contribution in [0.25, 0.3) is 33.0 Å². The molecule has 0 atom stereocenters. The Hall–Kier alpha value is -3.39. The van der Waals surface area contributed by atoms with Crippen LogP contribution >= 0.6 is 0 Å². The van der Waals surface area contributed by atoms with E-state index < -0.39 is 0 Å². The van der Waals surface area contributed by atoms with E-state index in [9.17, 15) is 0 Å². The van der Waals surface area contributed by atoms with Crippen LogP contribution in [-0.2, 0) is 0 Å². The Morgan fingerprint density at radius 2 is 1.20 bits per heavy atom. The molecule has 0 radical (unpaired) electrons. The summed E-state index contributed by atoms with van der Waals surface area (Å²) in [5.74, 6) is 0.0832. The van der Waals surface area contributed by atoms with Gasteiger partial charge in [0.2, 0.25) is 0 Å². The normalized spacial score (nSPS) is 10.7. The van der Waals surface area contributed by atoms with Crippen molar-refractivity contribution in [1.82, 2.24) is 0 Å². The van der Waals surface area contributed by atoms with Crippen LogP contribution in [0, 0.1) is 5.41 Å². The average molecular weight is 322 g/mol. The van der Waals surface area contributed by atoms with E-state index in [1.54, 1.807) is 0 Å². The number of fused-ring (bicyclic) bond motifs is 1. The van der Waals surface area contributed by atoms with E-state index in [0.29, 0.717) is 0 Å². The van der Waals surface area contributed by atoms with E-state index in [1.807, 2.05) is 42.5 Å². The van der Waals surface area contributed by atoms with Crippen LogP contribution in [0.5, 0.6) is 0 Å². The van der Waals surface area contributed by atoms with Crippen molar-refractivity contribution in [2.45, 2.75) is 0 Å². The predicted octanol–water partition coefficient (Wildman–Crippen LogP) is 5.46. The van der Waals surface area contributed by atoms with Crippen molar-refractivity contribution in [1.29, 1.82) is 5.41 Å². The van der Waals surface area contributed by atoms with Crippen molar-refractivity contribution < 1.29 is 0 Å². The molecule has 0 aliphatic rings. The number of benzene rings is 4. The fraction of sp³-hybridized carbons (Fsp3) is 0. The average Bonchev–Trinajstić information content (AvgIpc) is 2.68. The molecular formula is C23H18N2. The maximum atomic E-state index is 7.86. The minimum Gasteiger partial charge on any atom is -0.384 e. The second-order valence-electron chi connectivity index (χ2n) is 6.14. The molecule has 2 nitrogen and oxygen atoms in total. The monoisotopic (exact) mass is 322 g/mol. The molecule has 0 aliphatic heterocycles. The Kier molecular flexibility index (Phi) is 3.79. The van der Waals surface area contributed by atoms with Crippen LogP contribution in [0.15, 0.2) is 91.0 Å². The van der Waals surface area contributed by atoms with Gasteiger partial charge in [-0.15, -0.1) is 0 Å². The number of nitrogen functional groups attached to an aromatic ring is 1. The highest BCUT2D eigenvalue weighted by atomic mass is 14.7. The molecule has 4 aromatic rings. The molecule has 0 spiro atoms. The number of hydrogen-bond acceptors (Lipinski definition) is 1. The smallest absolute Gasteiger partial charge is 0.122 e. The lowest BCUT2D eigenvalue weighted by Crippen LogP contribution is -2.11. The fourth-order valence-electron chi connectivity index (χ4n) is 3.12. The highest BCUT2D eigenvalue weighted by Crippen LogP contribution is 2.30. The van der Waals surface area contributed by atoms with Gasteiger partial charge in [-0.2, -0.15) is 0 Å². The Morgan fingerprint density at radius 1 is 0.560 bits per heavy atom. The van der Waals surface area contributed by atoms with Gasteiger partial charge in [-0.3, -0.25) is 5.41 Å². The summed E-state index contributed by atoms with van der Waals surface area (Å²) in [6.45, 7) is 0. The molecule has 0 heterocycles. The zero-order valence-corrected chi connectivity index (χ0v) is 13.7. The van der Waals surface area contributed by atoms with Gasteiger partial charge in [0.15, 0.2) is 0 Å². The lowest BCUT2D eigenvalue weighted by Gasteiger charge is -2.11. The van der Waals surface area contributed by atoms with Gasteiger partial charge in [0.1, 0.15) is 5.84 Å². The van der Waals surface area contributed by atoms with Crippen LogP contribution < -0.4 is 5.73 Å². The molecule has 0 fully saturated rings. The summed E-state index contributed by atoms with van der Waals surface area (Å²) < 4.78 is 0. The molecule has 2 heteroatoms. The molecule has 0 saturated heterocycles. The molecule has 120 valence electrons. The molecule has 4 aromatic carbocycles. The first kappa shape index (κ1) is 15.2. The van der Waals surface area contributed by atoms with Gasteiger partial charge in [-0.1, -0.05) is 66.7 Å². The van der Waals surface area contributed by atoms with E-state index in [1.165, 1.54) is 10.8 Å². The first-order valence-corrected chi connectivity index (χ1v) is 8.25. The van der Waals surface area contributed by atoms with Crippen molar-refractivity contribution >= 4 is 16.6 Å². The van der Waals surface area contributed by atoms with Crippen molar-refractivity contribution in [3.05, 3.63) is 96.6 Å². The highest BCUT2D eigenvalue weighted by Gasteiger charge is 2.08. The fourth-order valence-corrected chi connectivity index (χ4v) is 3.12. The van der Waals surface area contributed by atoms with Gasteiger partial charge in [0.25, 0.3) is 0 Å². The van der Waals surface area contributed by atoms with Gasteiger partial charge in [0, 0.05) is 5.56 Å². The van der Waals surface area contributed by atoms with Crippen LogP contribution in [0.2, 0.25) is 0 Å². The zero-order valence-electron chi connectivity index (χ0n) is 13.7. The minimum absolute atomic E-state index is 0.0832. The van der Waals surface area contributed by atoms with Crippen molar-refractivity contribution in [2.75, 3.05) is 0 Å². The summed E-state index contributed by atoms with van der Waals surface area (Å²) in [5.41, 5.74) is 10.9. The summed E-state index contributed by atoms with van der Waals surface area (Å²) >= 11 is 0. The van der Waals surface area contributed by atoms with E-state index in [0.717, 1.165) is 27.8 Å². The molecule has 4 rings (SSSR count). The zero-order chi connectivity index (χ0) is 17.2. The van der Waals surface area contributed by atoms with Gasteiger partial charge in [0.05, 0.1) is 0 Å². The second kappa shape index (κ2) is 6.25. The molecular weight excluding hydrogens is 304 g/mol. The summed E-state index contributed by atoms with van der Waals surface area (Å²) in [7, 11) is 0. The van der Waals surface area contributed by atoms with Crippen LogP contribution in [0.4, 0.5) is 0 Å². The largest absolute Gasteiger partial charge is 0.384 e. The lowest BCUT2D eigenvalue weighted by atomic mass is 9.94. The van der Waals surface area contributed by atoms with Crippen LogP contribution in [0.1, 0.15) is 5.56 Å². The first-order chi connectivity index (χ1) is 12.2. The van der Waals surface area contributed by atoms with E-state index in [-0.39, 0.29) is 5.84 Å². The second-order valence-corrected chi connectivity index (χ2v) is 6.14. The Labute approximate surface area is 147 Å². The van der Waals surface area contributed by atoms with E-state index in [2.05, 4.69) is 48.5 Å². The number of hydrogen-bond donors (Lipinski definition) is 2. The third-order valence-corrected chi connectivity index (χ3v) is 4.43. The van der Waals surface area contributed by atoms with Crippen LogP contribution in [0.3, 0.4) is 0 Å². The third-order valence-electron chi connectivity index (χ3n) is 4.43. The third kappa shape index (κ3) is 3.02. The quantitative estimate of drug-likeness (QED) is 0.382. The highest BCUT2D eigenvalue weighted by molar-refractivity contribution is 5.98. The van der Waals surface area contributed by atoms with E-state index >= 15 is 0 Å². The SMILES string of the molecule is N=C(N)c1cc(-c2ccccc2)cc(-c2ccc3ccccc3c2)c1. The number of nitrogens with one attached hydrogen (secondary N) is 1. The molecule has 0 unspecified atom stereocenters. The summed E-state index contributed by atoms with van der Waals surface area (Å²) in [6.07, 6.45) is 0. The van der Waals surface area contributed by atoms with Gasteiger partial charge in [-0.25, -0.2) is 0 Å². The molecule has 25 heavy (non-hydrogen) atoms. The Morgan fingerprint density at radius 3 is 1.92 bits per heavy atom. The van der Waals surface area contributed by atoms with Gasteiger partial charge < -0.3 is 5.73 Å². The van der Waals surface area contributed by atoms with Crippen molar-refractivity contribution in [2.24, 2.45) is 5.73 Å². The predicted molar refractivity (Wildman–Crippen MR) is 106 cm³/mol. The Bertz CT molecular complexity index is 1070. The van der Waals surface area contributed by atoms with Gasteiger partial charge in [-0.05, 0) is 57.3 Å². The maximum absolute atomic E-state index is 7.86. The summed E-state index contributed by atoms with van der Waals surface area (Å²) in [6, 6.07) is 31.1. The van der Waals surface area contributed by atoms with Crippen molar-refractivity contribution in [3.8, 4) is 22.3 Å². The number of rotatable bonds is 3. The molecule has 0 aliphatic carbocycles. The van der Waals surface area contributed by atoms with Crippen molar-refractivity contribution in [3.63, 3.8) is 0 Å². The molecule has 0 saturated carbocycles. The lowest BCUT2D eigenvalue weighted by molar-refractivity contribution is 1.42. The summed E-state index contributed by atoms with van der Waals surface area (Å²) in [5, 5.41) is 10.3.